The third-order valence-corrected chi connectivity index (χ3v) is 6.33. The van der Waals surface area contributed by atoms with Crippen molar-refractivity contribution in [3.8, 4) is 0 Å². The molecule has 11 nitrogen and oxygen atoms in total. The third-order valence-electron chi connectivity index (χ3n) is 6.15. The SMILES string of the molecule is NC(=O)[C@H]1[C@H]2C[C@@H]([C@H]1Nc1nc(Cl)ncc1F)[C@H](NC(=O)OCc1cccc([N+](=O)[O-])c1)C2. The number of amides is 2. The number of nitro groups is 1. The summed E-state index contributed by atoms with van der Waals surface area (Å²) in [6.45, 7) is -0.148. The number of fused-ring (bicyclic) bond motifs is 2. The molecule has 5 atom stereocenters. The summed E-state index contributed by atoms with van der Waals surface area (Å²) in [6, 6.07) is 4.86. The molecule has 1 heterocycles. The highest BCUT2D eigenvalue weighted by atomic mass is 35.5. The van der Waals surface area contributed by atoms with E-state index >= 15 is 0 Å². The van der Waals surface area contributed by atoms with Crippen LogP contribution in [0.4, 0.5) is 20.7 Å². The Morgan fingerprint density at radius 2 is 2.15 bits per heavy atom. The molecule has 174 valence electrons. The van der Waals surface area contributed by atoms with E-state index < -0.39 is 34.7 Å². The van der Waals surface area contributed by atoms with E-state index in [-0.39, 0.29) is 41.3 Å². The normalized spacial score (nSPS) is 25.5. The third kappa shape index (κ3) is 4.80. The highest BCUT2D eigenvalue weighted by Crippen LogP contribution is 2.49. The average molecular weight is 479 g/mol. The molecule has 0 spiro atoms. The Balaban J connectivity index is 1.41. The number of benzene rings is 1. The van der Waals surface area contributed by atoms with Crippen molar-refractivity contribution in [1.82, 2.24) is 15.3 Å². The molecular formula is C20H20ClFN6O5. The van der Waals surface area contributed by atoms with Gasteiger partial charge in [0.05, 0.1) is 17.0 Å². The Labute approximate surface area is 192 Å². The number of nitrogens with one attached hydrogen (secondary N) is 2. The van der Waals surface area contributed by atoms with Crippen molar-refractivity contribution in [2.24, 2.45) is 23.5 Å². The quantitative estimate of drug-likeness (QED) is 0.310. The number of nitrogens with zero attached hydrogens (tertiary/aromatic N) is 3. The van der Waals surface area contributed by atoms with E-state index in [1.165, 1.54) is 18.2 Å². The first-order valence-corrected chi connectivity index (χ1v) is 10.5. The van der Waals surface area contributed by atoms with E-state index in [1.54, 1.807) is 6.07 Å². The van der Waals surface area contributed by atoms with Gasteiger partial charge < -0.3 is 21.1 Å². The molecule has 4 rings (SSSR count). The van der Waals surface area contributed by atoms with E-state index in [2.05, 4.69) is 20.6 Å². The summed E-state index contributed by atoms with van der Waals surface area (Å²) < 4.78 is 19.4. The highest BCUT2D eigenvalue weighted by Gasteiger charge is 2.55. The van der Waals surface area contributed by atoms with Crippen LogP contribution in [0.3, 0.4) is 0 Å². The van der Waals surface area contributed by atoms with Crippen LogP contribution in [0.1, 0.15) is 18.4 Å². The zero-order valence-electron chi connectivity index (χ0n) is 17.1. The maximum Gasteiger partial charge on any atom is 0.407 e. The summed E-state index contributed by atoms with van der Waals surface area (Å²) in [6.07, 6.45) is 1.33. The monoisotopic (exact) mass is 478 g/mol. The number of alkyl carbamates (subject to hydrolysis) is 1. The number of nitro benzene ring substituents is 1. The molecule has 2 aliphatic carbocycles. The van der Waals surface area contributed by atoms with Crippen LogP contribution in [0, 0.1) is 33.7 Å². The molecule has 4 N–H and O–H groups in total. The molecule has 0 aliphatic heterocycles. The second-order valence-electron chi connectivity index (χ2n) is 8.08. The number of carbonyl (C=O) groups is 2. The predicted octanol–water partition coefficient (Wildman–Crippen LogP) is 2.39. The maximum absolute atomic E-state index is 14.1. The van der Waals surface area contributed by atoms with Crippen LogP contribution in [-0.4, -0.2) is 39.0 Å². The molecule has 33 heavy (non-hydrogen) atoms. The number of rotatable bonds is 7. The minimum atomic E-state index is -0.730. The first kappa shape index (κ1) is 22.6. The van der Waals surface area contributed by atoms with Crippen LogP contribution >= 0.6 is 11.6 Å². The number of ether oxygens (including phenoxy) is 1. The van der Waals surface area contributed by atoms with Gasteiger partial charge in [-0.05, 0) is 35.9 Å². The van der Waals surface area contributed by atoms with Gasteiger partial charge in [-0.2, -0.15) is 4.98 Å². The van der Waals surface area contributed by atoms with Crippen molar-refractivity contribution < 1.29 is 23.6 Å². The molecular weight excluding hydrogens is 459 g/mol. The number of aromatic nitrogens is 2. The first-order valence-electron chi connectivity index (χ1n) is 10.1. The number of anilines is 1. The zero-order valence-corrected chi connectivity index (χ0v) is 17.9. The van der Waals surface area contributed by atoms with E-state index in [9.17, 15) is 24.1 Å². The van der Waals surface area contributed by atoms with Crippen LogP contribution in [0.25, 0.3) is 0 Å². The van der Waals surface area contributed by atoms with Gasteiger partial charge >= 0.3 is 6.09 Å². The number of carbonyl (C=O) groups excluding carboxylic acids is 2. The predicted molar refractivity (Wildman–Crippen MR) is 114 cm³/mol. The number of halogens is 2. The Hall–Kier alpha value is -3.54. The van der Waals surface area contributed by atoms with Gasteiger partial charge in [0.25, 0.3) is 5.69 Å². The van der Waals surface area contributed by atoms with E-state index in [0.29, 0.717) is 18.4 Å². The molecule has 0 saturated heterocycles. The summed E-state index contributed by atoms with van der Waals surface area (Å²) in [5.41, 5.74) is 5.96. The number of non-ortho nitro benzene ring substituents is 1. The minimum Gasteiger partial charge on any atom is -0.445 e. The molecule has 2 saturated carbocycles. The highest BCUT2D eigenvalue weighted by molar-refractivity contribution is 6.28. The number of nitrogens with two attached hydrogens (primary N) is 1. The number of primary amides is 1. The van der Waals surface area contributed by atoms with Gasteiger partial charge in [0.2, 0.25) is 11.2 Å². The van der Waals surface area contributed by atoms with E-state index in [1.807, 2.05) is 0 Å². The smallest absolute Gasteiger partial charge is 0.407 e. The lowest BCUT2D eigenvalue weighted by atomic mass is 9.81. The first-order chi connectivity index (χ1) is 15.7. The topological polar surface area (TPSA) is 162 Å². The van der Waals surface area contributed by atoms with Gasteiger partial charge in [0.1, 0.15) is 6.61 Å². The molecule has 2 fully saturated rings. The van der Waals surface area contributed by atoms with Gasteiger partial charge in [-0.25, -0.2) is 14.2 Å². The van der Waals surface area contributed by atoms with Crippen LogP contribution in [-0.2, 0) is 16.1 Å². The fraction of sp³-hybridized carbons (Fsp3) is 0.400. The van der Waals surface area contributed by atoms with Gasteiger partial charge in [0.15, 0.2) is 11.6 Å². The largest absolute Gasteiger partial charge is 0.445 e. The summed E-state index contributed by atoms with van der Waals surface area (Å²) >= 11 is 5.76. The van der Waals surface area contributed by atoms with Crippen molar-refractivity contribution in [3.63, 3.8) is 0 Å². The second-order valence-corrected chi connectivity index (χ2v) is 8.42. The van der Waals surface area contributed by atoms with Gasteiger partial charge in [0, 0.05) is 30.1 Å². The summed E-state index contributed by atoms with van der Waals surface area (Å²) in [5.74, 6) is -2.30. The Morgan fingerprint density at radius 1 is 1.36 bits per heavy atom. The summed E-state index contributed by atoms with van der Waals surface area (Å²) in [5, 5.41) is 16.4. The molecule has 2 bridgehead atoms. The Morgan fingerprint density at radius 3 is 2.88 bits per heavy atom. The second kappa shape index (κ2) is 9.14. The van der Waals surface area contributed by atoms with E-state index in [4.69, 9.17) is 22.1 Å². The average Bonchev–Trinajstić information content (AvgIpc) is 3.33. The lowest BCUT2D eigenvalue weighted by molar-refractivity contribution is -0.384. The molecule has 1 aromatic heterocycles. The van der Waals surface area contributed by atoms with E-state index in [0.717, 1.165) is 6.20 Å². The zero-order chi connectivity index (χ0) is 23.7. The maximum atomic E-state index is 14.1. The lowest BCUT2D eigenvalue weighted by Crippen LogP contribution is -2.51. The lowest BCUT2D eigenvalue weighted by Gasteiger charge is -2.35. The fourth-order valence-corrected chi connectivity index (χ4v) is 4.97. The molecule has 13 heteroatoms. The standard InChI is InChI=1S/C20H20ClFN6O5/c21-19-24-7-13(22)18(27-19)26-16-12-5-10(15(16)17(23)29)6-14(12)25-20(30)33-8-9-2-1-3-11(4-9)28(31)32/h1-4,7,10,12,14-16H,5-6,8H2,(H2,23,29)(H,25,30)(H,24,26,27)/t10-,12+,14+,15-,16+/m0/s1. The van der Waals surface area contributed by atoms with Crippen molar-refractivity contribution >= 4 is 35.1 Å². The van der Waals surface area contributed by atoms with Crippen LogP contribution in [0.15, 0.2) is 30.5 Å². The molecule has 0 radical (unpaired) electrons. The number of hydrogen-bond acceptors (Lipinski definition) is 8. The molecule has 2 aliphatic rings. The van der Waals surface area contributed by atoms with Crippen molar-refractivity contribution in [1.29, 1.82) is 0 Å². The van der Waals surface area contributed by atoms with Crippen molar-refractivity contribution in [3.05, 3.63) is 57.2 Å². The van der Waals surface area contributed by atoms with Crippen LogP contribution in [0.2, 0.25) is 5.28 Å². The van der Waals surface area contributed by atoms with Gasteiger partial charge in [-0.1, -0.05) is 12.1 Å². The fourth-order valence-electron chi connectivity index (χ4n) is 4.84. The van der Waals surface area contributed by atoms with Crippen LogP contribution in [0.5, 0.6) is 0 Å². The van der Waals surface area contributed by atoms with Crippen molar-refractivity contribution in [2.45, 2.75) is 31.5 Å². The minimum absolute atomic E-state index is 0.104. The summed E-state index contributed by atoms with van der Waals surface area (Å²) in [4.78, 5) is 42.2. The molecule has 0 unspecified atom stereocenters. The molecule has 2 amide bonds. The number of hydrogen-bond donors (Lipinski definition) is 3. The summed E-state index contributed by atoms with van der Waals surface area (Å²) in [7, 11) is 0. The Kier molecular flexibility index (Phi) is 6.27. The van der Waals surface area contributed by atoms with Crippen LogP contribution < -0.4 is 16.4 Å². The molecule has 1 aromatic carbocycles. The molecule has 2 aromatic rings. The van der Waals surface area contributed by atoms with Gasteiger partial charge in [-0.15, -0.1) is 0 Å². The Bertz CT molecular complexity index is 1100. The van der Waals surface area contributed by atoms with Gasteiger partial charge in [-0.3, -0.25) is 14.9 Å². The van der Waals surface area contributed by atoms with Crippen molar-refractivity contribution in [2.75, 3.05) is 5.32 Å².